The summed E-state index contributed by atoms with van der Waals surface area (Å²) in [5.74, 6) is 0.429. The Morgan fingerprint density at radius 2 is 1.66 bits per heavy atom. The minimum atomic E-state index is -3.54. The maximum absolute atomic E-state index is 13.1. The van der Waals surface area contributed by atoms with Crippen molar-refractivity contribution in [3.05, 3.63) is 30.3 Å². The van der Waals surface area contributed by atoms with Crippen LogP contribution in [0.25, 0.3) is 0 Å². The van der Waals surface area contributed by atoms with Crippen molar-refractivity contribution >= 4 is 33.6 Å². The summed E-state index contributed by atoms with van der Waals surface area (Å²) in [5, 5.41) is 3.01. The number of carbonyl (C=O) groups excluding carboxylic acids is 2. The number of nitrogens with one attached hydrogen (secondary N) is 1. The lowest BCUT2D eigenvalue weighted by molar-refractivity contribution is -0.137. The zero-order chi connectivity index (χ0) is 23.0. The molecule has 3 rings (SSSR count). The first-order chi connectivity index (χ1) is 15.4. The average molecular weight is 482 g/mol. The minimum Gasteiger partial charge on any atom is -0.344 e. The topological polar surface area (TPSA) is 86.8 Å². The van der Waals surface area contributed by atoms with Crippen LogP contribution in [0.2, 0.25) is 0 Å². The number of benzene rings is 1. The fraction of sp³-hybridized carbons (Fsp3) is 0.652. The Kier molecular flexibility index (Phi) is 9.43. The predicted molar refractivity (Wildman–Crippen MR) is 128 cm³/mol. The summed E-state index contributed by atoms with van der Waals surface area (Å²) < 4.78 is 27.1. The lowest BCUT2D eigenvalue weighted by Crippen LogP contribution is -2.51. The first-order valence-corrected chi connectivity index (χ1v) is 14.4. The third-order valence-electron chi connectivity index (χ3n) is 6.35. The molecule has 1 N–H and O–H groups in total. The van der Waals surface area contributed by atoms with Gasteiger partial charge in [-0.3, -0.25) is 9.59 Å². The summed E-state index contributed by atoms with van der Waals surface area (Å²) in [4.78, 5) is 28.3. The number of carbonyl (C=O) groups is 2. The Hall–Kier alpha value is -1.58. The van der Waals surface area contributed by atoms with Gasteiger partial charge in [-0.2, -0.15) is 16.1 Å². The number of hydrogen-bond acceptors (Lipinski definition) is 5. The van der Waals surface area contributed by atoms with Gasteiger partial charge in [-0.1, -0.05) is 31.0 Å². The molecular formula is C23H35N3O4S2. The van der Waals surface area contributed by atoms with Gasteiger partial charge in [0.2, 0.25) is 21.8 Å². The van der Waals surface area contributed by atoms with E-state index in [4.69, 9.17) is 0 Å². The molecule has 1 atom stereocenters. The van der Waals surface area contributed by atoms with Crippen LogP contribution in [-0.4, -0.2) is 73.7 Å². The molecule has 7 nitrogen and oxygen atoms in total. The first kappa shape index (κ1) is 25.1. The predicted octanol–water partition coefficient (Wildman–Crippen LogP) is 2.73. The highest BCUT2D eigenvalue weighted by Crippen LogP contribution is 2.24. The smallest absolute Gasteiger partial charge is 0.245 e. The molecule has 0 bridgehead atoms. The zero-order valence-electron chi connectivity index (χ0n) is 18.9. The number of hydrogen-bond donors (Lipinski definition) is 1. The summed E-state index contributed by atoms with van der Waals surface area (Å²) in [6.45, 7) is 2.15. The molecular weight excluding hydrogens is 446 g/mol. The van der Waals surface area contributed by atoms with Gasteiger partial charge in [-0.25, -0.2) is 8.42 Å². The van der Waals surface area contributed by atoms with Crippen molar-refractivity contribution < 1.29 is 18.0 Å². The molecule has 2 fully saturated rings. The van der Waals surface area contributed by atoms with E-state index in [1.54, 1.807) is 42.1 Å². The van der Waals surface area contributed by atoms with Crippen LogP contribution in [0.3, 0.4) is 0 Å². The van der Waals surface area contributed by atoms with Crippen LogP contribution in [0.5, 0.6) is 0 Å². The molecule has 178 valence electrons. The molecule has 0 saturated carbocycles. The van der Waals surface area contributed by atoms with Crippen LogP contribution in [0.4, 0.5) is 0 Å². The average Bonchev–Trinajstić information content (AvgIpc) is 3.11. The molecule has 0 aromatic heterocycles. The van der Waals surface area contributed by atoms with Gasteiger partial charge in [-0.05, 0) is 56.2 Å². The van der Waals surface area contributed by atoms with E-state index in [2.05, 4.69) is 5.32 Å². The minimum absolute atomic E-state index is 0.0263. The number of rotatable bonds is 8. The summed E-state index contributed by atoms with van der Waals surface area (Å²) >= 11 is 1.67. The highest BCUT2D eigenvalue weighted by Gasteiger charge is 2.34. The first-order valence-electron chi connectivity index (χ1n) is 11.6. The van der Waals surface area contributed by atoms with Crippen molar-refractivity contribution in [1.29, 1.82) is 0 Å². The quantitative estimate of drug-likeness (QED) is 0.617. The molecule has 2 aliphatic heterocycles. The summed E-state index contributed by atoms with van der Waals surface area (Å²) in [7, 11) is -3.54. The van der Waals surface area contributed by atoms with E-state index in [-0.39, 0.29) is 22.6 Å². The SMILES string of the molecule is CSCC[C@@H](NC(=O)C1CCN(S(=O)(=O)c2ccccc2)CC1)C(=O)N1CCCCCC1. The Bertz CT molecular complexity index is 847. The van der Waals surface area contributed by atoms with Crippen molar-refractivity contribution in [3.63, 3.8) is 0 Å². The van der Waals surface area contributed by atoms with Gasteiger partial charge in [0.15, 0.2) is 0 Å². The van der Waals surface area contributed by atoms with E-state index in [0.29, 0.717) is 32.4 Å². The van der Waals surface area contributed by atoms with Crippen molar-refractivity contribution in [2.75, 3.05) is 38.2 Å². The van der Waals surface area contributed by atoms with Crippen LogP contribution in [0, 0.1) is 5.92 Å². The van der Waals surface area contributed by atoms with Gasteiger partial charge in [0.1, 0.15) is 6.04 Å². The van der Waals surface area contributed by atoms with Crippen LogP contribution in [0.15, 0.2) is 35.2 Å². The van der Waals surface area contributed by atoms with Crippen LogP contribution < -0.4 is 5.32 Å². The van der Waals surface area contributed by atoms with Crippen molar-refractivity contribution in [2.45, 2.75) is 55.9 Å². The molecule has 1 aromatic rings. The van der Waals surface area contributed by atoms with Gasteiger partial charge >= 0.3 is 0 Å². The molecule has 0 spiro atoms. The molecule has 0 radical (unpaired) electrons. The van der Waals surface area contributed by atoms with Crippen molar-refractivity contribution in [3.8, 4) is 0 Å². The van der Waals surface area contributed by atoms with Crippen molar-refractivity contribution in [2.24, 2.45) is 5.92 Å². The molecule has 32 heavy (non-hydrogen) atoms. The summed E-state index contributed by atoms with van der Waals surface area (Å²) in [5.41, 5.74) is 0. The molecule has 0 aliphatic carbocycles. The normalized spacial score (nSPS) is 19.8. The van der Waals surface area contributed by atoms with E-state index >= 15 is 0 Å². The highest BCUT2D eigenvalue weighted by atomic mass is 32.2. The van der Waals surface area contributed by atoms with Gasteiger partial charge < -0.3 is 10.2 Å². The van der Waals surface area contributed by atoms with E-state index in [9.17, 15) is 18.0 Å². The number of amides is 2. The maximum atomic E-state index is 13.1. The fourth-order valence-electron chi connectivity index (χ4n) is 4.39. The fourth-order valence-corrected chi connectivity index (χ4v) is 6.36. The molecule has 9 heteroatoms. The van der Waals surface area contributed by atoms with Crippen molar-refractivity contribution in [1.82, 2.24) is 14.5 Å². The van der Waals surface area contributed by atoms with Gasteiger partial charge in [-0.15, -0.1) is 0 Å². The number of nitrogens with zero attached hydrogens (tertiary/aromatic N) is 2. The number of thioether (sulfide) groups is 1. The number of likely N-dealkylation sites (tertiary alicyclic amines) is 1. The van der Waals surface area contributed by atoms with E-state index < -0.39 is 16.1 Å². The van der Waals surface area contributed by atoms with E-state index in [1.165, 1.54) is 4.31 Å². The van der Waals surface area contributed by atoms with Crippen LogP contribution >= 0.6 is 11.8 Å². The third-order valence-corrected chi connectivity index (χ3v) is 8.91. The Balaban J connectivity index is 1.58. The van der Waals surface area contributed by atoms with E-state index in [1.807, 2.05) is 11.2 Å². The van der Waals surface area contributed by atoms with Gasteiger partial charge in [0.05, 0.1) is 4.90 Å². The largest absolute Gasteiger partial charge is 0.344 e. The summed E-state index contributed by atoms with van der Waals surface area (Å²) in [6, 6.07) is 7.90. The molecule has 2 saturated heterocycles. The lowest BCUT2D eigenvalue weighted by atomic mass is 9.96. The van der Waals surface area contributed by atoms with Gasteiger partial charge in [0.25, 0.3) is 0 Å². The molecule has 0 unspecified atom stereocenters. The molecule has 2 heterocycles. The molecule has 2 amide bonds. The monoisotopic (exact) mass is 481 g/mol. The lowest BCUT2D eigenvalue weighted by Gasteiger charge is -2.32. The van der Waals surface area contributed by atoms with Crippen LogP contribution in [-0.2, 0) is 19.6 Å². The zero-order valence-corrected chi connectivity index (χ0v) is 20.5. The van der Waals surface area contributed by atoms with E-state index in [0.717, 1.165) is 44.5 Å². The number of piperidine rings is 1. The second-order valence-corrected chi connectivity index (χ2v) is 11.5. The second-order valence-electron chi connectivity index (χ2n) is 8.57. The van der Waals surface area contributed by atoms with Crippen LogP contribution in [0.1, 0.15) is 44.9 Å². The Morgan fingerprint density at radius 1 is 1.03 bits per heavy atom. The second kappa shape index (κ2) is 12.0. The highest BCUT2D eigenvalue weighted by molar-refractivity contribution is 7.98. The number of sulfonamides is 1. The Morgan fingerprint density at radius 3 is 2.25 bits per heavy atom. The molecule has 2 aliphatic rings. The molecule has 1 aromatic carbocycles. The third kappa shape index (κ3) is 6.48. The summed E-state index contributed by atoms with van der Waals surface area (Å²) in [6.07, 6.45) is 7.87. The Labute approximate surface area is 196 Å². The van der Waals surface area contributed by atoms with Gasteiger partial charge in [0, 0.05) is 32.1 Å². The maximum Gasteiger partial charge on any atom is 0.245 e. The standard InChI is InChI=1S/C23H35N3O4S2/c1-31-18-13-21(23(28)25-14-7-2-3-8-15-25)24-22(27)19-11-16-26(17-12-19)32(29,30)20-9-5-4-6-10-20/h4-6,9-10,19,21H,2-3,7-8,11-18H2,1H3,(H,24,27)/t21-/m1/s1.